The first-order valence-corrected chi connectivity index (χ1v) is 11.0. The molecule has 1 fully saturated rings. The normalized spacial score (nSPS) is 19.6. The highest BCUT2D eigenvalue weighted by Gasteiger charge is 2.32. The Hall–Kier alpha value is -2.18. The first-order chi connectivity index (χ1) is 12.9. The molecule has 1 amide bonds. The first kappa shape index (κ1) is 19.6. The largest absolute Gasteiger partial charge is 0.341 e. The molecule has 0 aliphatic carbocycles. The van der Waals surface area contributed by atoms with E-state index in [0.29, 0.717) is 6.42 Å². The van der Waals surface area contributed by atoms with Gasteiger partial charge in [0, 0.05) is 13.1 Å². The smallest absolute Gasteiger partial charge is 0.236 e. The number of carbonyl (C=O) groups is 1. The SMILES string of the molecule is Cc1ccc([C@@H](NCC(=O)N(C)[C@H]2CCS(=O)(=O)C2)c2ccccc2)cc1. The average Bonchev–Trinajstić information content (AvgIpc) is 3.03. The highest BCUT2D eigenvalue weighted by molar-refractivity contribution is 7.91. The number of sulfone groups is 1. The Morgan fingerprint density at radius 3 is 2.33 bits per heavy atom. The van der Waals surface area contributed by atoms with Gasteiger partial charge in [-0.1, -0.05) is 60.2 Å². The number of likely N-dealkylation sites (N-methyl/N-ethyl adjacent to an activating group) is 1. The molecule has 2 atom stereocenters. The van der Waals surface area contributed by atoms with E-state index in [2.05, 4.69) is 29.6 Å². The maximum atomic E-state index is 12.6. The summed E-state index contributed by atoms with van der Waals surface area (Å²) in [7, 11) is -1.32. The van der Waals surface area contributed by atoms with Crippen molar-refractivity contribution in [3.8, 4) is 0 Å². The van der Waals surface area contributed by atoms with Crippen LogP contribution in [0, 0.1) is 6.92 Å². The summed E-state index contributed by atoms with van der Waals surface area (Å²) >= 11 is 0. The predicted octanol–water partition coefficient (Wildman–Crippen LogP) is 2.32. The molecule has 0 saturated carbocycles. The summed E-state index contributed by atoms with van der Waals surface area (Å²) in [5.41, 5.74) is 3.36. The summed E-state index contributed by atoms with van der Waals surface area (Å²) in [5, 5.41) is 3.36. The van der Waals surface area contributed by atoms with Crippen molar-refractivity contribution < 1.29 is 13.2 Å². The number of nitrogens with one attached hydrogen (secondary N) is 1. The van der Waals surface area contributed by atoms with E-state index in [1.54, 1.807) is 11.9 Å². The van der Waals surface area contributed by atoms with Crippen LogP contribution < -0.4 is 5.32 Å². The molecule has 5 nitrogen and oxygen atoms in total. The second kappa shape index (κ2) is 8.23. The zero-order chi connectivity index (χ0) is 19.4. The number of rotatable bonds is 6. The lowest BCUT2D eigenvalue weighted by atomic mass is 9.98. The van der Waals surface area contributed by atoms with Gasteiger partial charge < -0.3 is 4.90 Å². The van der Waals surface area contributed by atoms with E-state index in [0.717, 1.165) is 11.1 Å². The summed E-state index contributed by atoms with van der Waals surface area (Å²) in [6.07, 6.45) is 0.519. The topological polar surface area (TPSA) is 66.5 Å². The molecule has 2 aromatic rings. The van der Waals surface area contributed by atoms with Gasteiger partial charge in [-0.15, -0.1) is 0 Å². The third-order valence-electron chi connectivity index (χ3n) is 5.15. The number of hydrogen-bond acceptors (Lipinski definition) is 4. The Labute approximate surface area is 161 Å². The summed E-state index contributed by atoms with van der Waals surface area (Å²) in [4.78, 5) is 14.2. The Balaban J connectivity index is 1.71. The zero-order valence-electron chi connectivity index (χ0n) is 15.8. The van der Waals surface area contributed by atoms with Crippen molar-refractivity contribution in [1.29, 1.82) is 0 Å². The van der Waals surface area contributed by atoms with Gasteiger partial charge >= 0.3 is 0 Å². The molecule has 1 heterocycles. The fraction of sp³-hybridized carbons (Fsp3) is 0.381. The molecule has 0 bridgehead atoms. The third-order valence-corrected chi connectivity index (χ3v) is 6.90. The van der Waals surface area contributed by atoms with Gasteiger partial charge in [-0.2, -0.15) is 0 Å². The molecule has 0 unspecified atom stereocenters. The highest BCUT2D eigenvalue weighted by Crippen LogP contribution is 2.22. The fourth-order valence-electron chi connectivity index (χ4n) is 3.43. The van der Waals surface area contributed by atoms with Crippen LogP contribution in [0.3, 0.4) is 0 Å². The Morgan fingerprint density at radius 1 is 1.11 bits per heavy atom. The van der Waals surface area contributed by atoms with Crippen molar-refractivity contribution in [2.24, 2.45) is 0 Å². The number of hydrogen-bond donors (Lipinski definition) is 1. The van der Waals surface area contributed by atoms with E-state index in [9.17, 15) is 13.2 Å². The maximum absolute atomic E-state index is 12.6. The number of nitrogens with zero attached hydrogens (tertiary/aromatic N) is 1. The second-order valence-corrected chi connectivity index (χ2v) is 9.43. The lowest BCUT2D eigenvalue weighted by Crippen LogP contribution is -2.43. The number of amides is 1. The highest BCUT2D eigenvalue weighted by atomic mass is 32.2. The Kier molecular flexibility index (Phi) is 5.97. The Bertz CT molecular complexity index is 879. The van der Waals surface area contributed by atoms with Gasteiger partial charge in [0.25, 0.3) is 0 Å². The number of aryl methyl sites for hydroxylation is 1. The van der Waals surface area contributed by atoms with E-state index >= 15 is 0 Å². The molecule has 3 rings (SSSR count). The van der Waals surface area contributed by atoms with Gasteiger partial charge in [-0.25, -0.2) is 8.42 Å². The molecule has 2 aromatic carbocycles. The molecule has 0 radical (unpaired) electrons. The lowest BCUT2D eigenvalue weighted by Gasteiger charge is -2.26. The van der Waals surface area contributed by atoms with Crippen molar-refractivity contribution >= 4 is 15.7 Å². The minimum Gasteiger partial charge on any atom is -0.341 e. The van der Waals surface area contributed by atoms with Gasteiger partial charge in [-0.05, 0) is 24.5 Å². The summed E-state index contributed by atoms with van der Waals surface area (Å²) < 4.78 is 23.4. The van der Waals surface area contributed by atoms with Crippen LogP contribution in [0.25, 0.3) is 0 Å². The van der Waals surface area contributed by atoms with Crippen LogP contribution in [0.1, 0.15) is 29.2 Å². The molecular formula is C21H26N2O3S. The van der Waals surface area contributed by atoms with E-state index in [4.69, 9.17) is 0 Å². The summed E-state index contributed by atoms with van der Waals surface area (Å²) in [5.74, 6) is 0.138. The predicted molar refractivity (Wildman–Crippen MR) is 107 cm³/mol. The fourth-order valence-corrected chi connectivity index (χ4v) is 5.21. The van der Waals surface area contributed by atoms with Crippen molar-refractivity contribution in [1.82, 2.24) is 10.2 Å². The lowest BCUT2D eigenvalue weighted by molar-refractivity contribution is -0.130. The molecule has 1 saturated heterocycles. The van der Waals surface area contributed by atoms with Crippen LogP contribution in [-0.4, -0.2) is 50.4 Å². The average molecular weight is 387 g/mol. The first-order valence-electron chi connectivity index (χ1n) is 9.17. The summed E-state index contributed by atoms with van der Waals surface area (Å²) in [6, 6.07) is 17.9. The molecule has 1 N–H and O–H groups in total. The monoisotopic (exact) mass is 386 g/mol. The third kappa shape index (κ3) is 4.96. The quantitative estimate of drug-likeness (QED) is 0.827. The minimum absolute atomic E-state index is 0.0648. The minimum atomic E-state index is -3.01. The van der Waals surface area contributed by atoms with Crippen molar-refractivity contribution in [3.05, 3.63) is 71.3 Å². The maximum Gasteiger partial charge on any atom is 0.236 e. The van der Waals surface area contributed by atoms with Gasteiger partial charge in [-0.3, -0.25) is 10.1 Å². The molecule has 1 aliphatic heterocycles. The van der Waals surface area contributed by atoms with Gasteiger partial charge in [0.05, 0.1) is 24.1 Å². The van der Waals surface area contributed by atoms with E-state index < -0.39 is 9.84 Å². The second-order valence-electron chi connectivity index (χ2n) is 7.20. The van der Waals surface area contributed by atoms with Crippen LogP contribution in [0.2, 0.25) is 0 Å². The number of carbonyl (C=O) groups excluding carboxylic acids is 1. The van der Waals surface area contributed by atoms with Gasteiger partial charge in [0.2, 0.25) is 5.91 Å². The molecule has 144 valence electrons. The van der Waals surface area contributed by atoms with Gasteiger partial charge in [0.15, 0.2) is 9.84 Å². The number of benzene rings is 2. The van der Waals surface area contributed by atoms with Crippen LogP contribution in [0.4, 0.5) is 0 Å². The van der Waals surface area contributed by atoms with Crippen LogP contribution in [-0.2, 0) is 14.6 Å². The van der Waals surface area contributed by atoms with Crippen molar-refractivity contribution in [3.63, 3.8) is 0 Å². The molecular weight excluding hydrogens is 360 g/mol. The molecule has 27 heavy (non-hydrogen) atoms. The van der Waals surface area contributed by atoms with Crippen molar-refractivity contribution in [2.75, 3.05) is 25.1 Å². The standard InChI is InChI=1S/C21H26N2O3S/c1-16-8-10-18(11-9-16)21(17-6-4-3-5-7-17)22-14-20(24)23(2)19-12-13-27(25,26)15-19/h3-11,19,21-22H,12-15H2,1-2H3/t19-,21-/m0/s1. The van der Waals surface area contributed by atoms with Crippen LogP contribution in [0.5, 0.6) is 0 Å². The molecule has 0 aromatic heterocycles. The van der Waals surface area contributed by atoms with E-state index in [1.807, 2.05) is 37.3 Å². The van der Waals surface area contributed by atoms with Crippen LogP contribution >= 0.6 is 0 Å². The van der Waals surface area contributed by atoms with E-state index in [-0.39, 0.29) is 36.0 Å². The van der Waals surface area contributed by atoms with Gasteiger partial charge in [0.1, 0.15) is 0 Å². The zero-order valence-corrected chi connectivity index (χ0v) is 16.6. The van der Waals surface area contributed by atoms with Crippen molar-refractivity contribution in [2.45, 2.75) is 25.4 Å². The molecule has 1 aliphatic rings. The van der Waals surface area contributed by atoms with E-state index in [1.165, 1.54) is 5.56 Å². The molecule has 0 spiro atoms. The van der Waals surface area contributed by atoms with Crippen LogP contribution in [0.15, 0.2) is 54.6 Å². The summed E-state index contributed by atoms with van der Waals surface area (Å²) in [6.45, 7) is 2.20. The molecule has 6 heteroatoms. The Morgan fingerprint density at radius 2 is 1.74 bits per heavy atom.